The highest BCUT2D eigenvalue weighted by Gasteiger charge is 2.03. The molecule has 0 saturated heterocycles. The lowest BCUT2D eigenvalue weighted by atomic mass is 10.1. The first-order valence-corrected chi connectivity index (χ1v) is 4.57. The minimum Gasteiger partial charge on any atom is -0.533 e. The van der Waals surface area contributed by atoms with Crippen molar-refractivity contribution in [2.24, 2.45) is 0 Å². The van der Waals surface area contributed by atoms with Crippen molar-refractivity contribution in [3.8, 4) is 0 Å². The Balaban J connectivity index is 3.04. The molecule has 1 rings (SSSR count). The van der Waals surface area contributed by atoms with Gasteiger partial charge in [-0.2, -0.15) is 0 Å². The van der Waals surface area contributed by atoms with Gasteiger partial charge in [-0.1, -0.05) is 31.2 Å². The summed E-state index contributed by atoms with van der Waals surface area (Å²) in [6.45, 7) is 2.09. The van der Waals surface area contributed by atoms with E-state index in [1.54, 1.807) is 0 Å². The molecule has 0 aliphatic rings. The summed E-state index contributed by atoms with van der Waals surface area (Å²) < 4.78 is 4.82. The summed E-state index contributed by atoms with van der Waals surface area (Å²) in [6, 6.07) is 7.96. The van der Waals surface area contributed by atoms with Gasteiger partial charge in [-0.3, -0.25) is 0 Å². The molecular weight excluding hydrogens is 184 g/mol. The number of rotatable bonds is 2. The van der Waals surface area contributed by atoms with E-state index >= 15 is 0 Å². The van der Waals surface area contributed by atoms with Crippen molar-refractivity contribution in [1.29, 1.82) is 0 Å². The van der Waals surface area contributed by atoms with Gasteiger partial charge in [0.15, 0.2) is 5.05 Å². The highest BCUT2D eigenvalue weighted by atomic mass is 32.1. The second-order valence-corrected chi connectivity index (χ2v) is 2.98. The second kappa shape index (κ2) is 4.38. The summed E-state index contributed by atoms with van der Waals surface area (Å²) in [6.07, 6.45) is 0.964. The molecule has 0 bridgehead atoms. The van der Waals surface area contributed by atoms with E-state index in [2.05, 4.69) is 17.4 Å². The van der Waals surface area contributed by atoms with Crippen LogP contribution in [0.1, 0.15) is 18.1 Å². The molecule has 0 spiro atoms. The van der Waals surface area contributed by atoms with Crippen LogP contribution >= 0.6 is 12.2 Å². The molecule has 0 aliphatic carbocycles. The first-order valence-electron chi connectivity index (χ1n) is 3.75. The molecule has 0 heterocycles. The van der Waals surface area contributed by atoms with E-state index in [9.17, 15) is 0 Å². The van der Waals surface area contributed by atoms with E-state index < -0.39 is 0 Å². The molecule has 0 aliphatic heterocycles. The van der Waals surface area contributed by atoms with Gasteiger partial charge in [0.2, 0.25) is 0 Å². The highest BCUT2D eigenvalue weighted by Crippen LogP contribution is 2.10. The van der Waals surface area contributed by atoms with Crippen molar-refractivity contribution in [3.05, 3.63) is 35.4 Å². The molecule has 3 radical (unpaired) electrons. The maximum Gasteiger partial charge on any atom is 0.342 e. The van der Waals surface area contributed by atoms with Crippen molar-refractivity contribution < 1.29 is 4.43 Å². The molecule has 1 aromatic rings. The number of hydrogen-bond acceptors (Lipinski definition) is 2. The Bertz CT molecular complexity index is 286. The fourth-order valence-corrected chi connectivity index (χ4v) is 1.39. The molecule has 0 fully saturated rings. The lowest BCUT2D eigenvalue weighted by Crippen LogP contribution is -2.04. The van der Waals surface area contributed by atoms with Gasteiger partial charge in [0.05, 0.1) is 0 Å². The maximum absolute atomic E-state index is 5.00. The zero-order valence-electron chi connectivity index (χ0n) is 6.83. The predicted octanol–water partition coefficient (Wildman–Crippen LogP) is 2.02. The summed E-state index contributed by atoms with van der Waals surface area (Å²) in [5.74, 6) is 0. The van der Waals surface area contributed by atoms with Crippen LogP contribution in [0.5, 0.6) is 0 Å². The molecular formula is C9H9OSSi. The topological polar surface area (TPSA) is 9.23 Å². The van der Waals surface area contributed by atoms with Gasteiger partial charge < -0.3 is 4.43 Å². The van der Waals surface area contributed by atoms with E-state index in [1.807, 2.05) is 24.3 Å². The molecule has 0 unspecified atom stereocenters. The summed E-state index contributed by atoms with van der Waals surface area (Å²) in [5.41, 5.74) is 2.20. The van der Waals surface area contributed by atoms with Gasteiger partial charge in [-0.05, 0) is 24.2 Å². The van der Waals surface area contributed by atoms with E-state index in [1.165, 1.54) is 5.56 Å². The van der Waals surface area contributed by atoms with Gasteiger partial charge in [-0.15, -0.1) is 0 Å². The average Bonchev–Trinajstić information content (AvgIpc) is 2.16. The summed E-state index contributed by atoms with van der Waals surface area (Å²) in [7, 11) is 2.92. The standard InChI is InChI=1S/C9H9OSSi/c1-2-7-5-3-4-6-8(7)9(11)10-12/h3-6H,2H2,1H3. The zero-order valence-corrected chi connectivity index (χ0v) is 8.65. The van der Waals surface area contributed by atoms with E-state index in [0.29, 0.717) is 5.05 Å². The van der Waals surface area contributed by atoms with Crippen LogP contribution in [0.3, 0.4) is 0 Å². The van der Waals surface area contributed by atoms with Crippen LogP contribution in [0.25, 0.3) is 0 Å². The molecule has 0 saturated carbocycles. The summed E-state index contributed by atoms with van der Waals surface area (Å²) in [4.78, 5) is 0. The zero-order chi connectivity index (χ0) is 8.97. The fourth-order valence-electron chi connectivity index (χ4n) is 1.08. The Morgan fingerprint density at radius 2 is 2.17 bits per heavy atom. The fraction of sp³-hybridized carbons (Fsp3) is 0.222. The number of aryl methyl sites for hydroxylation is 1. The van der Waals surface area contributed by atoms with Crippen LogP contribution < -0.4 is 0 Å². The molecule has 0 aromatic heterocycles. The third kappa shape index (κ3) is 1.93. The first kappa shape index (κ1) is 9.42. The largest absolute Gasteiger partial charge is 0.533 e. The third-order valence-electron chi connectivity index (χ3n) is 1.71. The smallest absolute Gasteiger partial charge is 0.342 e. The van der Waals surface area contributed by atoms with Gasteiger partial charge >= 0.3 is 10.5 Å². The van der Waals surface area contributed by atoms with Crippen LogP contribution in [-0.4, -0.2) is 15.5 Å². The molecule has 1 aromatic carbocycles. The number of benzene rings is 1. The minimum absolute atomic E-state index is 0.490. The lowest BCUT2D eigenvalue weighted by molar-refractivity contribution is 0.631. The minimum atomic E-state index is 0.490. The van der Waals surface area contributed by atoms with Gasteiger partial charge in [0, 0.05) is 5.56 Å². The summed E-state index contributed by atoms with van der Waals surface area (Å²) in [5, 5.41) is 0.490. The van der Waals surface area contributed by atoms with Crippen molar-refractivity contribution >= 4 is 27.8 Å². The summed E-state index contributed by atoms with van der Waals surface area (Å²) >= 11 is 5.00. The molecule has 1 nitrogen and oxygen atoms in total. The van der Waals surface area contributed by atoms with E-state index in [-0.39, 0.29) is 0 Å². The first-order chi connectivity index (χ1) is 5.79. The van der Waals surface area contributed by atoms with E-state index in [4.69, 9.17) is 16.6 Å². The Kier molecular flexibility index (Phi) is 3.43. The van der Waals surface area contributed by atoms with Crippen LogP contribution in [-0.2, 0) is 10.8 Å². The molecule has 61 valence electrons. The third-order valence-corrected chi connectivity index (χ3v) is 2.37. The normalized spacial score (nSPS) is 9.50. The SMILES string of the molecule is CCc1ccccc1C(=S)O[Si]. The highest BCUT2D eigenvalue weighted by molar-refractivity contribution is 7.80. The number of thiocarbonyl (C=S) groups is 1. The van der Waals surface area contributed by atoms with Crippen molar-refractivity contribution in [1.82, 2.24) is 0 Å². The van der Waals surface area contributed by atoms with Crippen molar-refractivity contribution in [2.45, 2.75) is 13.3 Å². The maximum atomic E-state index is 5.00. The monoisotopic (exact) mass is 193 g/mol. The van der Waals surface area contributed by atoms with Crippen LogP contribution in [0.4, 0.5) is 0 Å². The number of hydrogen-bond donors (Lipinski definition) is 0. The Labute approximate surface area is 81.3 Å². The van der Waals surface area contributed by atoms with Gasteiger partial charge in [0.25, 0.3) is 0 Å². The Morgan fingerprint density at radius 1 is 1.50 bits per heavy atom. The van der Waals surface area contributed by atoms with Gasteiger partial charge in [0.1, 0.15) is 0 Å². The molecule has 12 heavy (non-hydrogen) atoms. The van der Waals surface area contributed by atoms with E-state index in [0.717, 1.165) is 12.0 Å². The Morgan fingerprint density at radius 3 is 2.75 bits per heavy atom. The Hall–Kier alpha value is -0.673. The molecule has 0 amide bonds. The van der Waals surface area contributed by atoms with Crippen molar-refractivity contribution in [3.63, 3.8) is 0 Å². The second-order valence-electron chi connectivity index (χ2n) is 2.40. The predicted molar refractivity (Wildman–Crippen MR) is 54.4 cm³/mol. The van der Waals surface area contributed by atoms with Gasteiger partial charge in [-0.25, -0.2) is 0 Å². The van der Waals surface area contributed by atoms with Crippen molar-refractivity contribution in [2.75, 3.05) is 0 Å². The average molecular weight is 193 g/mol. The van der Waals surface area contributed by atoms with Crippen LogP contribution in [0.15, 0.2) is 24.3 Å². The lowest BCUT2D eigenvalue weighted by Gasteiger charge is -2.06. The van der Waals surface area contributed by atoms with Crippen LogP contribution in [0.2, 0.25) is 0 Å². The molecule has 0 atom stereocenters. The molecule has 0 N–H and O–H groups in total. The molecule has 3 heteroatoms. The van der Waals surface area contributed by atoms with Crippen LogP contribution in [0, 0.1) is 0 Å². The quantitative estimate of drug-likeness (QED) is 0.525.